The zero-order valence-corrected chi connectivity index (χ0v) is 5.93. The van der Waals surface area contributed by atoms with E-state index in [-0.39, 0.29) is 5.88 Å². The quantitative estimate of drug-likeness (QED) is 0.685. The number of alkyl halides is 3. The average Bonchev–Trinajstić information content (AvgIpc) is 2.02. The Labute approximate surface area is 67.0 Å². The van der Waals surface area contributed by atoms with Gasteiger partial charge in [-0.05, 0) is 12.1 Å². The molecule has 0 aliphatic rings. The van der Waals surface area contributed by atoms with E-state index in [1.54, 1.807) is 0 Å². The molecule has 2 nitrogen and oxygen atoms in total. The fourth-order valence-corrected chi connectivity index (χ4v) is 0.545. The van der Waals surface area contributed by atoms with E-state index in [0.29, 0.717) is 0 Å². The van der Waals surface area contributed by atoms with Gasteiger partial charge in [0, 0.05) is 12.3 Å². The fourth-order valence-electron chi connectivity index (χ4n) is 0.545. The van der Waals surface area contributed by atoms with Gasteiger partial charge in [0.2, 0.25) is 5.88 Å². The van der Waals surface area contributed by atoms with Crippen molar-refractivity contribution in [2.45, 2.75) is 6.18 Å². The van der Waals surface area contributed by atoms with Crippen molar-refractivity contribution in [2.24, 2.45) is 0 Å². The molecule has 0 saturated carbocycles. The third-order valence-corrected chi connectivity index (χ3v) is 0.963. The first-order valence-corrected chi connectivity index (χ1v) is 3.09. The largest absolute Gasteiger partial charge is 0.468 e. The molecule has 0 atom stereocenters. The normalized spacial score (nSPS) is 11.2. The van der Waals surface area contributed by atoms with Gasteiger partial charge < -0.3 is 4.74 Å². The van der Waals surface area contributed by atoms with Gasteiger partial charge in [-0.2, -0.15) is 13.2 Å². The van der Waals surface area contributed by atoms with Crippen LogP contribution in [0.15, 0.2) is 18.3 Å². The summed E-state index contributed by atoms with van der Waals surface area (Å²) in [5.41, 5.74) is 0. The third-order valence-electron chi connectivity index (χ3n) is 0.963. The van der Waals surface area contributed by atoms with Gasteiger partial charge in [-0.1, -0.05) is 0 Å². The van der Waals surface area contributed by atoms with Crippen molar-refractivity contribution < 1.29 is 17.9 Å². The van der Waals surface area contributed by atoms with Gasteiger partial charge in [-0.25, -0.2) is 4.98 Å². The molecule has 0 aliphatic carbocycles. The van der Waals surface area contributed by atoms with Crippen molar-refractivity contribution in [3.05, 3.63) is 24.4 Å². The molecule has 0 saturated heterocycles. The van der Waals surface area contributed by atoms with Crippen molar-refractivity contribution in [1.82, 2.24) is 4.98 Å². The van der Waals surface area contributed by atoms with Gasteiger partial charge >= 0.3 is 6.18 Å². The van der Waals surface area contributed by atoms with Crippen molar-refractivity contribution in [3.63, 3.8) is 0 Å². The van der Waals surface area contributed by atoms with Crippen LogP contribution in [0.3, 0.4) is 0 Å². The zero-order valence-electron chi connectivity index (χ0n) is 5.93. The number of pyridine rings is 1. The van der Waals surface area contributed by atoms with Crippen LogP contribution in [0.1, 0.15) is 0 Å². The fraction of sp³-hybridized carbons (Fsp3) is 0.286. The molecule has 0 aromatic carbocycles. The number of aromatic nitrogens is 1. The van der Waals surface area contributed by atoms with E-state index in [1.807, 2.05) is 0 Å². The summed E-state index contributed by atoms with van der Waals surface area (Å²) >= 11 is 0. The maximum Gasteiger partial charge on any atom is 0.422 e. The lowest BCUT2D eigenvalue weighted by Crippen LogP contribution is -2.19. The number of hydrogen-bond acceptors (Lipinski definition) is 2. The zero-order chi connectivity index (χ0) is 9.03. The van der Waals surface area contributed by atoms with Crippen LogP contribution < -0.4 is 4.74 Å². The Hall–Kier alpha value is -1.26. The molecule has 65 valence electrons. The van der Waals surface area contributed by atoms with Gasteiger partial charge in [0.05, 0.1) is 0 Å². The minimum absolute atomic E-state index is 0.0742. The molecule has 1 aromatic heterocycles. The summed E-state index contributed by atoms with van der Waals surface area (Å²) in [5, 5.41) is 0. The van der Waals surface area contributed by atoms with Crippen molar-refractivity contribution in [2.75, 3.05) is 6.61 Å². The number of halogens is 3. The molecule has 1 aromatic rings. The summed E-state index contributed by atoms with van der Waals surface area (Å²) in [7, 11) is 0. The summed E-state index contributed by atoms with van der Waals surface area (Å²) < 4.78 is 39.0. The molecule has 0 spiro atoms. The SMILES string of the molecule is FC(F)(F)COc1c[c]ccn1. The Morgan fingerprint density at radius 3 is 2.75 bits per heavy atom. The third kappa shape index (κ3) is 3.23. The van der Waals surface area contributed by atoms with Crippen LogP contribution in [0.5, 0.6) is 5.88 Å². The summed E-state index contributed by atoms with van der Waals surface area (Å²) in [4.78, 5) is 3.53. The first-order chi connectivity index (χ1) is 5.58. The lowest BCUT2D eigenvalue weighted by molar-refractivity contribution is -0.154. The van der Waals surface area contributed by atoms with Crippen LogP contribution in [0.4, 0.5) is 13.2 Å². The highest BCUT2D eigenvalue weighted by molar-refractivity contribution is 5.07. The van der Waals surface area contributed by atoms with Gasteiger partial charge in [0.25, 0.3) is 0 Å². The Morgan fingerprint density at radius 2 is 2.25 bits per heavy atom. The summed E-state index contributed by atoms with van der Waals surface area (Å²) in [6, 6.07) is 5.26. The molecule has 1 rings (SSSR count). The maximum absolute atomic E-state index is 11.6. The molecule has 0 unspecified atom stereocenters. The molecule has 5 heteroatoms. The van der Waals surface area contributed by atoms with Crippen LogP contribution in [-0.4, -0.2) is 17.8 Å². The van der Waals surface area contributed by atoms with Gasteiger partial charge in [0.1, 0.15) is 0 Å². The minimum Gasteiger partial charge on any atom is -0.468 e. The van der Waals surface area contributed by atoms with Crippen LogP contribution in [-0.2, 0) is 0 Å². The van der Waals surface area contributed by atoms with Crippen LogP contribution >= 0.6 is 0 Å². The standard InChI is InChI=1S/C7H5F3NO/c8-7(9,10)5-12-6-3-1-2-4-11-6/h2-4H,5H2. The Morgan fingerprint density at radius 1 is 1.50 bits per heavy atom. The molecule has 1 radical (unpaired) electrons. The summed E-state index contributed by atoms with van der Waals surface area (Å²) in [6.45, 7) is -1.32. The number of nitrogens with zero attached hydrogens (tertiary/aromatic N) is 1. The number of ether oxygens (including phenoxy) is 1. The first-order valence-electron chi connectivity index (χ1n) is 3.09. The van der Waals surface area contributed by atoms with Gasteiger partial charge in [0.15, 0.2) is 6.61 Å². The predicted molar refractivity (Wildman–Crippen MR) is 34.6 cm³/mol. The van der Waals surface area contributed by atoms with E-state index < -0.39 is 12.8 Å². The monoisotopic (exact) mass is 176 g/mol. The average molecular weight is 176 g/mol. The maximum atomic E-state index is 11.6. The second-order valence-corrected chi connectivity index (χ2v) is 2.00. The second kappa shape index (κ2) is 3.42. The first kappa shape index (κ1) is 8.83. The predicted octanol–water partition coefficient (Wildman–Crippen LogP) is 1.82. The van der Waals surface area contributed by atoms with E-state index in [4.69, 9.17) is 0 Å². The lowest BCUT2D eigenvalue weighted by atomic mass is 10.5. The van der Waals surface area contributed by atoms with Gasteiger partial charge in [-0.3, -0.25) is 0 Å². The molecule has 0 amide bonds. The van der Waals surface area contributed by atoms with E-state index in [2.05, 4.69) is 15.8 Å². The van der Waals surface area contributed by atoms with E-state index >= 15 is 0 Å². The molecule has 0 aliphatic heterocycles. The van der Waals surface area contributed by atoms with Crippen LogP contribution in [0.25, 0.3) is 0 Å². The summed E-state index contributed by atoms with van der Waals surface area (Å²) in [5.74, 6) is -0.0742. The smallest absolute Gasteiger partial charge is 0.422 e. The molecule has 12 heavy (non-hydrogen) atoms. The Balaban J connectivity index is 2.44. The molecular weight excluding hydrogens is 171 g/mol. The lowest BCUT2D eigenvalue weighted by Gasteiger charge is -2.06. The Kier molecular flexibility index (Phi) is 2.52. The number of rotatable bonds is 2. The molecule has 0 fully saturated rings. The molecule has 1 heterocycles. The topological polar surface area (TPSA) is 22.1 Å². The molecule has 0 bridgehead atoms. The van der Waals surface area contributed by atoms with Crippen molar-refractivity contribution in [1.29, 1.82) is 0 Å². The minimum atomic E-state index is -4.32. The van der Waals surface area contributed by atoms with Crippen molar-refractivity contribution >= 4 is 0 Å². The highest BCUT2D eigenvalue weighted by atomic mass is 19.4. The highest BCUT2D eigenvalue weighted by Gasteiger charge is 2.28. The second-order valence-electron chi connectivity index (χ2n) is 2.00. The number of hydrogen-bond donors (Lipinski definition) is 0. The van der Waals surface area contributed by atoms with Crippen LogP contribution in [0, 0.1) is 6.07 Å². The van der Waals surface area contributed by atoms with Crippen LogP contribution in [0.2, 0.25) is 0 Å². The van der Waals surface area contributed by atoms with E-state index in [0.717, 1.165) is 0 Å². The molecule has 0 N–H and O–H groups in total. The summed E-state index contributed by atoms with van der Waals surface area (Å²) in [6.07, 6.45) is -3.01. The van der Waals surface area contributed by atoms with Gasteiger partial charge in [-0.15, -0.1) is 0 Å². The molecular formula is C7H5F3NO. The highest BCUT2D eigenvalue weighted by Crippen LogP contribution is 2.15. The van der Waals surface area contributed by atoms with Crippen molar-refractivity contribution in [3.8, 4) is 5.88 Å². The van der Waals surface area contributed by atoms with E-state index in [9.17, 15) is 13.2 Å². The van der Waals surface area contributed by atoms with E-state index in [1.165, 1.54) is 18.3 Å². The Bertz CT molecular complexity index is 234.